The molecule has 2 N–H and O–H groups in total. The highest BCUT2D eigenvalue weighted by atomic mass is 35.5. The van der Waals surface area contributed by atoms with Gasteiger partial charge in [0.1, 0.15) is 4.90 Å². The molecule has 4 rings (SSSR count). The average molecular weight is 519 g/mol. The molecule has 0 heterocycles. The van der Waals surface area contributed by atoms with Crippen molar-refractivity contribution in [3.63, 3.8) is 0 Å². The maximum absolute atomic E-state index is 13.3. The quantitative estimate of drug-likeness (QED) is 0.290. The number of carbonyl (C=O) groups is 1. The van der Waals surface area contributed by atoms with Gasteiger partial charge in [0.15, 0.2) is 0 Å². The number of halogens is 1. The van der Waals surface area contributed by atoms with Crippen LogP contribution in [0.4, 0.5) is 5.69 Å². The minimum atomic E-state index is -4.03. The second-order valence-corrected chi connectivity index (χ2v) is 10.9. The molecule has 0 radical (unpaired) electrons. The van der Waals surface area contributed by atoms with Crippen molar-refractivity contribution in [3.05, 3.63) is 129 Å². The molecule has 0 spiro atoms. The molecule has 4 aromatic carbocycles. The normalized spacial score (nSPS) is 12.1. The Labute approximate surface area is 217 Å². The zero-order valence-electron chi connectivity index (χ0n) is 20.2. The molecule has 0 fully saturated rings. The number of amides is 1. The summed E-state index contributed by atoms with van der Waals surface area (Å²) in [6.07, 6.45) is 0. The molecule has 4 aromatic rings. The fourth-order valence-electron chi connectivity index (χ4n) is 3.96. The Morgan fingerprint density at radius 2 is 1.42 bits per heavy atom. The van der Waals surface area contributed by atoms with Gasteiger partial charge in [-0.25, -0.2) is 8.42 Å². The maximum Gasteiger partial charge on any atom is 0.263 e. The average Bonchev–Trinajstić information content (AvgIpc) is 2.85. The van der Waals surface area contributed by atoms with Gasteiger partial charge < -0.3 is 5.32 Å². The van der Waals surface area contributed by atoms with E-state index in [2.05, 4.69) is 10.0 Å². The van der Waals surface area contributed by atoms with Gasteiger partial charge in [0.05, 0.1) is 16.8 Å². The van der Waals surface area contributed by atoms with Crippen molar-refractivity contribution in [2.45, 2.75) is 31.7 Å². The lowest BCUT2D eigenvalue weighted by atomic mass is 9.97. The van der Waals surface area contributed by atoms with Gasteiger partial charge in [0, 0.05) is 5.56 Å². The largest absolute Gasteiger partial charge is 0.341 e. The highest BCUT2D eigenvalue weighted by Gasteiger charge is 2.23. The summed E-state index contributed by atoms with van der Waals surface area (Å²) in [6.45, 7) is 5.76. The van der Waals surface area contributed by atoms with Crippen LogP contribution < -0.4 is 10.0 Å². The maximum atomic E-state index is 13.3. The van der Waals surface area contributed by atoms with Crippen LogP contribution in [-0.2, 0) is 10.0 Å². The van der Waals surface area contributed by atoms with E-state index in [4.69, 9.17) is 11.6 Å². The first kappa shape index (κ1) is 25.5. The molecular weight excluding hydrogens is 492 g/mol. The van der Waals surface area contributed by atoms with Crippen LogP contribution in [0.2, 0.25) is 5.02 Å². The van der Waals surface area contributed by atoms with Crippen LogP contribution in [0.15, 0.2) is 95.9 Å². The molecular formula is C29H27ClN2O3S. The van der Waals surface area contributed by atoms with Gasteiger partial charge in [-0.05, 0) is 61.7 Å². The fraction of sp³-hybridized carbons (Fsp3) is 0.138. The number of anilines is 1. The van der Waals surface area contributed by atoms with E-state index in [1.807, 2.05) is 87.5 Å². The highest BCUT2D eigenvalue weighted by molar-refractivity contribution is 7.92. The van der Waals surface area contributed by atoms with Gasteiger partial charge >= 0.3 is 0 Å². The van der Waals surface area contributed by atoms with E-state index in [9.17, 15) is 13.2 Å². The van der Waals surface area contributed by atoms with E-state index < -0.39 is 22.0 Å². The van der Waals surface area contributed by atoms with Gasteiger partial charge in [0.2, 0.25) is 0 Å². The third kappa shape index (κ3) is 5.78. The van der Waals surface area contributed by atoms with Crippen molar-refractivity contribution in [2.24, 2.45) is 0 Å². The number of carbonyl (C=O) groups excluding carboxylic acids is 1. The Balaban J connectivity index is 1.65. The van der Waals surface area contributed by atoms with Crippen LogP contribution in [0, 0.1) is 20.8 Å². The van der Waals surface area contributed by atoms with Gasteiger partial charge in [-0.15, -0.1) is 0 Å². The third-order valence-corrected chi connectivity index (χ3v) is 7.78. The molecule has 1 atom stereocenters. The highest BCUT2D eigenvalue weighted by Crippen LogP contribution is 2.28. The zero-order valence-corrected chi connectivity index (χ0v) is 21.8. The van der Waals surface area contributed by atoms with Gasteiger partial charge in [-0.1, -0.05) is 89.5 Å². The van der Waals surface area contributed by atoms with Crippen LogP contribution >= 0.6 is 11.6 Å². The smallest absolute Gasteiger partial charge is 0.263 e. The molecule has 0 bridgehead atoms. The number of aryl methyl sites for hydroxylation is 3. The standard InChI is InChI=1S/C29H27ClN2O3S/c1-19-9-12-23(13-10-19)28(22-7-5-4-6-8-22)31-29(33)24-14-15-25(30)27(18-24)36(34,35)32-26-16-11-20(2)17-21(26)3/h4-18,28,32H,1-3H3,(H,31,33). The second kappa shape index (κ2) is 10.6. The first-order chi connectivity index (χ1) is 17.1. The van der Waals surface area contributed by atoms with Crippen molar-refractivity contribution in [2.75, 3.05) is 4.72 Å². The number of hydrogen-bond acceptors (Lipinski definition) is 3. The Kier molecular flexibility index (Phi) is 7.48. The SMILES string of the molecule is Cc1ccc(C(NC(=O)c2ccc(Cl)c(S(=O)(=O)Nc3ccc(C)cc3C)c2)c2ccccc2)cc1. The molecule has 0 aliphatic heterocycles. The summed E-state index contributed by atoms with van der Waals surface area (Å²) in [6, 6.07) is 26.8. The lowest BCUT2D eigenvalue weighted by molar-refractivity contribution is 0.0942. The topological polar surface area (TPSA) is 75.3 Å². The van der Waals surface area contributed by atoms with Crippen molar-refractivity contribution in [1.82, 2.24) is 5.32 Å². The summed E-state index contributed by atoms with van der Waals surface area (Å²) < 4.78 is 29.0. The van der Waals surface area contributed by atoms with Crippen LogP contribution in [-0.4, -0.2) is 14.3 Å². The van der Waals surface area contributed by atoms with Gasteiger partial charge in [-0.2, -0.15) is 0 Å². The lowest BCUT2D eigenvalue weighted by Gasteiger charge is -2.20. The van der Waals surface area contributed by atoms with E-state index in [1.54, 1.807) is 6.07 Å². The summed E-state index contributed by atoms with van der Waals surface area (Å²) in [7, 11) is -4.03. The molecule has 1 unspecified atom stereocenters. The minimum Gasteiger partial charge on any atom is -0.341 e. The summed E-state index contributed by atoms with van der Waals surface area (Å²) in [5, 5.41) is 3.08. The molecule has 0 aliphatic rings. The first-order valence-corrected chi connectivity index (χ1v) is 13.3. The molecule has 0 aliphatic carbocycles. The van der Waals surface area contributed by atoms with Crippen LogP contribution in [0.1, 0.15) is 44.2 Å². The Bertz CT molecular complexity index is 1500. The third-order valence-electron chi connectivity index (χ3n) is 5.93. The second-order valence-electron chi connectivity index (χ2n) is 8.80. The Morgan fingerprint density at radius 1 is 0.778 bits per heavy atom. The number of rotatable bonds is 7. The van der Waals surface area contributed by atoms with E-state index in [-0.39, 0.29) is 15.5 Å². The monoisotopic (exact) mass is 518 g/mol. The van der Waals surface area contributed by atoms with E-state index in [0.717, 1.165) is 27.8 Å². The van der Waals surface area contributed by atoms with Crippen LogP contribution in [0.5, 0.6) is 0 Å². The summed E-state index contributed by atoms with van der Waals surface area (Å²) >= 11 is 6.28. The summed E-state index contributed by atoms with van der Waals surface area (Å²) in [4.78, 5) is 13.2. The van der Waals surface area contributed by atoms with Crippen molar-refractivity contribution in [1.29, 1.82) is 0 Å². The van der Waals surface area contributed by atoms with Gasteiger partial charge in [-0.3, -0.25) is 9.52 Å². The molecule has 1 amide bonds. The Hall–Kier alpha value is -3.61. The van der Waals surface area contributed by atoms with E-state index in [0.29, 0.717) is 5.69 Å². The lowest BCUT2D eigenvalue weighted by Crippen LogP contribution is -2.29. The summed E-state index contributed by atoms with van der Waals surface area (Å²) in [5.74, 6) is -0.413. The number of nitrogens with one attached hydrogen (secondary N) is 2. The molecule has 0 aromatic heterocycles. The van der Waals surface area contributed by atoms with Crippen LogP contribution in [0.25, 0.3) is 0 Å². The predicted molar refractivity (Wildman–Crippen MR) is 145 cm³/mol. The van der Waals surface area contributed by atoms with Crippen molar-refractivity contribution >= 4 is 33.2 Å². The fourth-order valence-corrected chi connectivity index (χ4v) is 5.61. The molecule has 7 heteroatoms. The number of hydrogen-bond donors (Lipinski definition) is 2. The molecule has 0 saturated heterocycles. The van der Waals surface area contributed by atoms with Crippen molar-refractivity contribution in [3.8, 4) is 0 Å². The van der Waals surface area contributed by atoms with E-state index >= 15 is 0 Å². The Morgan fingerprint density at radius 3 is 2.08 bits per heavy atom. The number of benzene rings is 4. The minimum absolute atomic E-state index is 0.0296. The predicted octanol–water partition coefficient (Wildman–Crippen LogP) is 6.59. The van der Waals surface area contributed by atoms with E-state index in [1.165, 1.54) is 18.2 Å². The zero-order chi connectivity index (χ0) is 25.9. The molecule has 36 heavy (non-hydrogen) atoms. The van der Waals surface area contributed by atoms with Gasteiger partial charge in [0.25, 0.3) is 15.9 Å². The molecule has 184 valence electrons. The molecule has 0 saturated carbocycles. The van der Waals surface area contributed by atoms with Crippen LogP contribution in [0.3, 0.4) is 0 Å². The summed E-state index contributed by atoms with van der Waals surface area (Å²) in [5.41, 5.74) is 5.39. The number of sulfonamides is 1. The van der Waals surface area contributed by atoms with Crippen molar-refractivity contribution < 1.29 is 13.2 Å². The first-order valence-electron chi connectivity index (χ1n) is 11.5. The molecule has 5 nitrogen and oxygen atoms in total.